The number of aryl methyl sites for hydroxylation is 1. The highest BCUT2D eigenvalue weighted by Crippen LogP contribution is 2.22. The number of halogens is 1. The molecule has 2 aromatic carbocycles. The van der Waals surface area contributed by atoms with Crippen LogP contribution in [0.4, 0.5) is 0 Å². The van der Waals surface area contributed by atoms with Crippen molar-refractivity contribution >= 4 is 29.7 Å². The van der Waals surface area contributed by atoms with Crippen LogP contribution in [-0.2, 0) is 0 Å². The zero-order chi connectivity index (χ0) is 22.0. The van der Waals surface area contributed by atoms with Crippen LogP contribution < -0.4 is 0 Å². The van der Waals surface area contributed by atoms with Crippen molar-refractivity contribution in [2.75, 3.05) is 33.2 Å². The van der Waals surface area contributed by atoms with E-state index in [0.29, 0.717) is 5.56 Å². The van der Waals surface area contributed by atoms with Gasteiger partial charge in [-0.15, -0.1) is 0 Å². The van der Waals surface area contributed by atoms with Crippen molar-refractivity contribution in [3.63, 3.8) is 0 Å². The maximum atomic E-state index is 13.2. The predicted molar refractivity (Wildman–Crippen MR) is 127 cm³/mol. The number of carbonyl (C=O) groups is 1. The monoisotopic (exact) mass is 434 g/mol. The molecule has 0 saturated carbocycles. The molecule has 0 bridgehead atoms. The fourth-order valence-corrected chi connectivity index (χ4v) is 4.02. The van der Waals surface area contributed by atoms with E-state index in [1.54, 1.807) is 0 Å². The minimum absolute atomic E-state index is 0.0770. The molecule has 0 radical (unpaired) electrons. The molecule has 0 N–H and O–H groups in total. The molecule has 0 unspecified atom stereocenters. The van der Waals surface area contributed by atoms with Crippen LogP contribution in [-0.4, -0.2) is 58.7 Å². The highest BCUT2D eigenvalue weighted by molar-refractivity contribution is 6.30. The van der Waals surface area contributed by atoms with Gasteiger partial charge in [-0.25, -0.2) is 4.68 Å². The van der Waals surface area contributed by atoms with Gasteiger partial charge >= 0.3 is 0 Å². The first-order chi connectivity index (χ1) is 14.9. The number of piperazine rings is 1. The van der Waals surface area contributed by atoms with Crippen LogP contribution in [0.15, 0.2) is 48.5 Å². The summed E-state index contributed by atoms with van der Waals surface area (Å²) in [4.78, 5) is 17.4. The molecule has 1 saturated heterocycles. The standard InChI is InChI=1S/C25H27ClN4O/c1-18-24(25(31)29-15-13-28(3)14-16-29)19(2)30(27-18)23-6-4-5-21(17-23)8-7-20-9-11-22(26)12-10-20/h4-12,17H,13-16H2,1-3H3. The average Bonchev–Trinajstić information content (AvgIpc) is 3.07. The number of likely N-dealkylation sites (N-methyl/N-ethyl adjacent to an activating group) is 1. The molecule has 3 aromatic rings. The van der Waals surface area contributed by atoms with Crippen LogP contribution in [0.3, 0.4) is 0 Å². The zero-order valence-electron chi connectivity index (χ0n) is 18.2. The van der Waals surface area contributed by atoms with Crippen LogP contribution in [0.2, 0.25) is 5.02 Å². The number of carbonyl (C=O) groups excluding carboxylic acids is 1. The van der Waals surface area contributed by atoms with E-state index in [4.69, 9.17) is 16.7 Å². The van der Waals surface area contributed by atoms with Crippen LogP contribution in [0.5, 0.6) is 0 Å². The summed E-state index contributed by atoms with van der Waals surface area (Å²) in [6.45, 7) is 7.20. The SMILES string of the molecule is Cc1nn(-c2cccc(C=Cc3ccc(Cl)cc3)c2)c(C)c1C(=O)N1CCN(C)CC1. The number of hydrogen-bond acceptors (Lipinski definition) is 3. The summed E-state index contributed by atoms with van der Waals surface area (Å²) < 4.78 is 1.87. The van der Waals surface area contributed by atoms with E-state index in [-0.39, 0.29) is 5.91 Å². The van der Waals surface area contributed by atoms with Crippen molar-refractivity contribution in [2.45, 2.75) is 13.8 Å². The summed E-state index contributed by atoms with van der Waals surface area (Å²) in [7, 11) is 2.09. The van der Waals surface area contributed by atoms with Crippen LogP contribution in [0.1, 0.15) is 32.9 Å². The van der Waals surface area contributed by atoms with Gasteiger partial charge in [-0.3, -0.25) is 4.79 Å². The molecule has 6 heteroatoms. The third kappa shape index (κ3) is 4.73. The lowest BCUT2D eigenvalue weighted by atomic mass is 10.1. The Bertz CT molecular complexity index is 1110. The number of amides is 1. The lowest BCUT2D eigenvalue weighted by Gasteiger charge is -2.32. The third-order valence-electron chi connectivity index (χ3n) is 5.75. The fraction of sp³-hybridized carbons (Fsp3) is 0.280. The van der Waals surface area contributed by atoms with Gasteiger partial charge in [-0.1, -0.05) is 48.0 Å². The summed E-state index contributed by atoms with van der Waals surface area (Å²) in [5.74, 6) is 0.0770. The number of rotatable bonds is 4. The zero-order valence-corrected chi connectivity index (χ0v) is 18.9. The van der Waals surface area contributed by atoms with Crippen molar-refractivity contribution in [1.29, 1.82) is 0 Å². The Morgan fingerprint density at radius 3 is 2.35 bits per heavy atom. The van der Waals surface area contributed by atoms with Gasteiger partial charge < -0.3 is 9.80 Å². The first-order valence-electron chi connectivity index (χ1n) is 10.5. The molecule has 0 aliphatic carbocycles. The number of benzene rings is 2. The van der Waals surface area contributed by atoms with Gasteiger partial charge in [0.15, 0.2) is 0 Å². The summed E-state index contributed by atoms with van der Waals surface area (Å²) >= 11 is 5.96. The first-order valence-corrected chi connectivity index (χ1v) is 10.9. The van der Waals surface area contributed by atoms with E-state index in [1.165, 1.54) is 0 Å². The average molecular weight is 435 g/mol. The van der Waals surface area contributed by atoms with Gasteiger partial charge in [-0.05, 0) is 56.3 Å². The van der Waals surface area contributed by atoms with E-state index in [1.807, 2.05) is 59.8 Å². The van der Waals surface area contributed by atoms with E-state index in [2.05, 4.69) is 36.2 Å². The maximum Gasteiger partial charge on any atom is 0.257 e. The molecule has 1 aliphatic rings. The number of nitrogens with zero attached hydrogens (tertiary/aromatic N) is 4. The Kier molecular flexibility index (Phi) is 6.25. The maximum absolute atomic E-state index is 13.2. The summed E-state index contributed by atoms with van der Waals surface area (Å²) in [6.07, 6.45) is 4.12. The first kappa shape index (κ1) is 21.3. The quantitative estimate of drug-likeness (QED) is 0.559. The summed E-state index contributed by atoms with van der Waals surface area (Å²) in [6, 6.07) is 15.9. The molecule has 1 aliphatic heterocycles. The fourth-order valence-electron chi connectivity index (χ4n) is 3.90. The van der Waals surface area contributed by atoms with E-state index < -0.39 is 0 Å². The molecule has 5 nitrogen and oxygen atoms in total. The Labute approximate surface area is 188 Å². The van der Waals surface area contributed by atoms with Gasteiger partial charge in [0.1, 0.15) is 0 Å². The Morgan fingerprint density at radius 2 is 1.65 bits per heavy atom. The highest BCUT2D eigenvalue weighted by atomic mass is 35.5. The van der Waals surface area contributed by atoms with Gasteiger partial charge in [0.25, 0.3) is 5.91 Å². The topological polar surface area (TPSA) is 41.4 Å². The van der Waals surface area contributed by atoms with Gasteiger partial charge in [0.05, 0.1) is 22.6 Å². The van der Waals surface area contributed by atoms with Crippen molar-refractivity contribution < 1.29 is 4.79 Å². The van der Waals surface area contributed by atoms with E-state index in [0.717, 1.165) is 59.4 Å². The minimum atomic E-state index is 0.0770. The lowest BCUT2D eigenvalue weighted by molar-refractivity contribution is 0.0662. The van der Waals surface area contributed by atoms with Crippen LogP contribution in [0, 0.1) is 13.8 Å². The Balaban J connectivity index is 1.59. The third-order valence-corrected chi connectivity index (χ3v) is 6.00. The second kappa shape index (κ2) is 9.08. The molecular formula is C25H27ClN4O. The highest BCUT2D eigenvalue weighted by Gasteiger charge is 2.26. The van der Waals surface area contributed by atoms with E-state index in [9.17, 15) is 4.79 Å². The predicted octanol–water partition coefficient (Wildman–Crippen LogP) is 4.70. The van der Waals surface area contributed by atoms with Crippen molar-refractivity contribution in [1.82, 2.24) is 19.6 Å². The second-order valence-corrected chi connectivity index (χ2v) is 8.47. The van der Waals surface area contributed by atoms with Gasteiger partial charge in [0.2, 0.25) is 0 Å². The van der Waals surface area contributed by atoms with Gasteiger partial charge in [-0.2, -0.15) is 5.10 Å². The minimum Gasteiger partial charge on any atom is -0.336 e. The molecule has 2 heterocycles. The summed E-state index contributed by atoms with van der Waals surface area (Å²) in [5, 5.41) is 5.43. The van der Waals surface area contributed by atoms with Crippen LogP contribution >= 0.6 is 11.6 Å². The normalized spacial score (nSPS) is 15.0. The van der Waals surface area contributed by atoms with Crippen LogP contribution in [0.25, 0.3) is 17.8 Å². The van der Waals surface area contributed by atoms with Crippen molar-refractivity contribution in [3.05, 3.63) is 81.6 Å². The largest absolute Gasteiger partial charge is 0.336 e. The number of aromatic nitrogens is 2. The molecule has 1 fully saturated rings. The van der Waals surface area contributed by atoms with Crippen molar-refractivity contribution in [2.24, 2.45) is 0 Å². The lowest BCUT2D eigenvalue weighted by Crippen LogP contribution is -2.47. The van der Waals surface area contributed by atoms with Gasteiger partial charge in [0, 0.05) is 31.2 Å². The molecular weight excluding hydrogens is 408 g/mol. The smallest absolute Gasteiger partial charge is 0.257 e. The Morgan fingerprint density at radius 1 is 0.968 bits per heavy atom. The molecule has 31 heavy (non-hydrogen) atoms. The molecule has 1 amide bonds. The van der Waals surface area contributed by atoms with Crippen molar-refractivity contribution in [3.8, 4) is 5.69 Å². The van der Waals surface area contributed by atoms with E-state index >= 15 is 0 Å². The molecule has 0 spiro atoms. The Hall–Kier alpha value is -2.89. The summed E-state index contributed by atoms with van der Waals surface area (Å²) in [5.41, 5.74) is 5.44. The molecule has 1 aromatic heterocycles. The second-order valence-electron chi connectivity index (χ2n) is 8.03. The molecule has 4 rings (SSSR count). The number of hydrogen-bond donors (Lipinski definition) is 0. The molecule has 0 atom stereocenters. The molecule has 160 valence electrons.